The first kappa shape index (κ1) is 14.5. The van der Waals surface area contributed by atoms with Gasteiger partial charge in [0.25, 0.3) is 0 Å². The molecular formula is C12H22N4O2S. The van der Waals surface area contributed by atoms with Gasteiger partial charge in [0.2, 0.25) is 10.0 Å². The van der Waals surface area contributed by atoms with Gasteiger partial charge in [-0.3, -0.25) is 9.58 Å². The fourth-order valence-corrected chi connectivity index (χ4v) is 3.17. The van der Waals surface area contributed by atoms with Crippen molar-refractivity contribution in [3.05, 3.63) is 17.5 Å². The zero-order valence-corrected chi connectivity index (χ0v) is 12.6. The summed E-state index contributed by atoms with van der Waals surface area (Å²) in [7, 11) is 0.917. The van der Waals surface area contributed by atoms with Crippen LogP contribution in [0.15, 0.2) is 6.20 Å². The van der Waals surface area contributed by atoms with Crippen LogP contribution < -0.4 is 4.72 Å². The molecule has 0 radical (unpaired) electrons. The molecule has 1 N–H and O–H groups in total. The van der Waals surface area contributed by atoms with Gasteiger partial charge in [0.05, 0.1) is 12.5 Å². The number of aryl methyl sites for hydroxylation is 1. The molecular weight excluding hydrogens is 264 g/mol. The summed E-state index contributed by atoms with van der Waals surface area (Å²) in [4.78, 5) is 2.21. The molecule has 1 atom stereocenters. The first-order valence-corrected chi connectivity index (χ1v) is 8.43. The third-order valence-electron chi connectivity index (χ3n) is 3.70. The van der Waals surface area contributed by atoms with Crippen LogP contribution in [0.25, 0.3) is 0 Å². The SMILES string of the molecule is CN(CCNS(C)(=O)=O)C1CCCc2c1cnn2C. The molecule has 1 aliphatic rings. The van der Waals surface area contributed by atoms with Gasteiger partial charge in [0.15, 0.2) is 0 Å². The lowest BCUT2D eigenvalue weighted by atomic mass is 9.92. The van der Waals surface area contributed by atoms with Gasteiger partial charge >= 0.3 is 0 Å². The highest BCUT2D eigenvalue weighted by atomic mass is 32.2. The number of hydrogen-bond acceptors (Lipinski definition) is 4. The van der Waals surface area contributed by atoms with Crippen LogP contribution in [0, 0.1) is 0 Å². The Bertz CT molecular complexity index is 538. The topological polar surface area (TPSA) is 67.2 Å². The Morgan fingerprint density at radius 3 is 3.00 bits per heavy atom. The summed E-state index contributed by atoms with van der Waals surface area (Å²) >= 11 is 0. The minimum atomic E-state index is -3.10. The van der Waals surface area contributed by atoms with E-state index in [2.05, 4.69) is 14.7 Å². The molecule has 7 heteroatoms. The van der Waals surface area contributed by atoms with Crippen molar-refractivity contribution in [1.82, 2.24) is 19.4 Å². The van der Waals surface area contributed by atoms with Crippen LogP contribution >= 0.6 is 0 Å². The predicted octanol–water partition coefficient (Wildman–Crippen LogP) is 0.279. The summed E-state index contributed by atoms with van der Waals surface area (Å²) in [5.41, 5.74) is 2.59. The van der Waals surface area contributed by atoms with Crippen molar-refractivity contribution in [3.63, 3.8) is 0 Å². The lowest BCUT2D eigenvalue weighted by Crippen LogP contribution is -2.35. The Balaban J connectivity index is 1.99. The van der Waals surface area contributed by atoms with Gasteiger partial charge in [0, 0.05) is 37.4 Å². The van der Waals surface area contributed by atoms with Crippen LogP contribution in [0.2, 0.25) is 0 Å². The molecule has 0 aromatic carbocycles. The minimum absolute atomic E-state index is 0.346. The van der Waals surface area contributed by atoms with E-state index in [1.807, 2.05) is 25.0 Å². The van der Waals surface area contributed by atoms with Crippen LogP contribution in [0.5, 0.6) is 0 Å². The number of aromatic nitrogens is 2. The molecule has 0 aliphatic heterocycles. The zero-order valence-electron chi connectivity index (χ0n) is 11.8. The number of rotatable bonds is 5. The maximum Gasteiger partial charge on any atom is 0.208 e. The van der Waals surface area contributed by atoms with E-state index in [4.69, 9.17) is 0 Å². The van der Waals surface area contributed by atoms with Crippen molar-refractivity contribution in [2.75, 3.05) is 26.4 Å². The van der Waals surface area contributed by atoms with Crippen LogP contribution in [0.3, 0.4) is 0 Å². The molecule has 0 spiro atoms. The van der Waals surface area contributed by atoms with Crippen molar-refractivity contribution in [2.45, 2.75) is 25.3 Å². The fraction of sp³-hybridized carbons (Fsp3) is 0.750. The normalized spacial score (nSPS) is 19.7. The molecule has 1 unspecified atom stereocenters. The molecule has 0 fully saturated rings. The highest BCUT2D eigenvalue weighted by Gasteiger charge is 2.26. The number of nitrogens with zero attached hydrogens (tertiary/aromatic N) is 3. The summed E-state index contributed by atoms with van der Waals surface area (Å²) < 4.78 is 26.6. The summed E-state index contributed by atoms with van der Waals surface area (Å²) in [5, 5.41) is 4.33. The third kappa shape index (κ3) is 3.55. The van der Waals surface area contributed by atoms with Crippen molar-refractivity contribution in [1.29, 1.82) is 0 Å². The number of sulfonamides is 1. The van der Waals surface area contributed by atoms with Crippen LogP contribution in [0.1, 0.15) is 30.1 Å². The first-order chi connectivity index (χ1) is 8.88. The second kappa shape index (κ2) is 5.60. The van der Waals surface area contributed by atoms with Crippen LogP contribution in [-0.4, -0.2) is 49.5 Å². The summed E-state index contributed by atoms with van der Waals surface area (Å²) in [5.74, 6) is 0. The van der Waals surface area contributed by atoms with E-state index < -0.39 is 10.0 Å². The highest BCUT2D eigenvalue weighted by Crippen LogP contribution is 2.32. The number of fused-ring (bicyclic) bond motifs is 1. The van der Waals surface area contributed by atoms with Gasteiger partial charge < -0.3 is 0 Å². The Labute approximate surface area is 114 Å². The second-order valence-corrected chi connectivity index (χ2v) is 7.06. The third-order valence-corrected chi connectivity index (χ3v) is 4.43. The Morgan fingerprint density at radius 2 is 2.32 bits per heavy atom. The Kier molecular flexibility index (Phi) is 4.27. The molecule has 1 aromatic heterocycles. The van der Waals surface area contributed by atoms with E-state index in [-0.39, 0.29) is 0 Å². The van der Waals surface area contributed by atoms with Gasteiger partial charge in [-0.1, -0.05) is 0 Å². The van der Waals surface area contributed by atoms with Crippen LogP contribution in [0.4, 0.5) is 0 Å². The van der Waals surface area contributed by atoms with E-state index >= 15 is 0 Å². The summed E-state index contributed by atoms with van der Waals surface area (Å²) in [6.45, 7) is 1.15. The van der Waals surface area contributed by atoms with Gasteiger partial charge in [-0.05, 0) is 26.3 Å². The first-order valence-electron chi connectivity index (χ1n) is 6.54. The highest BCUT2D eigenvalue weighted by molar-refractivity contribution is 7.88. The number of nitrogens with one attached hydrogen (secondary N) is 1. The molecule has 0 saturated heterocycles. The number of likely N-dealkylation sites (N-methyl/N-ethyl adjacent to an activating group) is 1. The monoisotopic (exact) mass is 286 g/mol. The molecule has 1 aliphatic carbocycles. The largest absolute Gasteiger partial charge is 0.298 e. The molecule has 1 heterocycles. The molecule has 2 rings (SSSR count). The average Bonchev–Trinajstić information content (AvgIpc) is 2.69. The fourth-order valence-electron chi connectivity index (χ4n) is 2.70. The predicted molar refractivity (Wildman–Crippen MR) is 74.4 cm³/mol. The molecule has 108 valence electrons. The second-order valence-electron chi connectivity index (χ2n) is 5.23. The average molecular weight is 286 g/mol. The Hall–Kier alpha value is -0.920. The van der Waals surface area contributed by atoms with Gasteiger partial charge in [-0.2, -0.15) is 5.10 Å². The van der Waals surface area contributed by atoms with Gasteiger partial charge in [-0.15, -0.1) is 0 Å². The number of hydrogen-bond donors (Lipinski definition) is 1. The van der Waals surface area contributed by atoms with Crippen molar-refractivity contribution in [2.24, 2.45) is 7.05 Å². The molecule has 0 amide bonds. The van der Waals surface area contributed by atoms with E-state index in [1.165, 1.54) is 17.5 Å². The zero-order chi connectivity index (χ0) is 14.0. The van der Waals surface area contributed by atoms with Gasteiger partial charge in [-0.25, -0.2) is 13.1 Å². The van der Waals surface area contributed by atoms with Crippen molar-refractivity contribution in [3.8, 4) is 0 Å². The Morgan fingerprint density at radius 1 is 1.58 bits per heavy atom. The van der Waals surface area contributed by atoms with Crippen molar-refractivity contribution >= 4 is 10.0 Å². The molecule has 19 heavy (non-hydrogen) atoms. The van der Waals surface area contributed by atoms with E-state index in [0.29, 0.717) is 19.1 Å². The maximum absolute atomic E-state index is 11.0. The van der Waals surface area contributed by atoms with E-state index in [0.717, 1.165) is 19.3 Å². The summed E-state index contributed by atoms with van der Waals surface area (Å²) in [6, 6.07) is 0.346. The standard InChI is InChI=1S/C12H22N4O2S/c1-15(8-7-14-19(3,17)18)11-5-4-6-12-10(11)9-13-16(12)2/h9,11,14H,4-8H2,1-3H3. The smallest absolute Gasteiger partial charge is 0.208 e. The molecule has 1 aromatic rings. The molecule has 6 nitrogen and oxygen atoms in total. The van der Waals surface area contributed by atoms with Crippen LogP contribution in [-0.2, 0) is 23.5 Å². The van der Waals surface area contributed by atoms with Crippen molar-refractivity contribution < 1.29 is 8.42 Å². The lowest BCUT2D eigenvalue weighted by Gasteiger charge is -2.31. The van der Waals surface area contributed by atoms with E-state index in [9.17, 15) is 8.42 Å². The van der Waals surface area contributed by atoms with E-state index in [1.54, 1.807) is 0 Å². The maximum atomic E-state index is 11.0. The minimum Gasteiger partial charge on any atom is -0.298 e. The summed E-state index contributed by atoms with van der Waals surface area (Å²) in [6.07, 6.45) is 6.47. The van der Waals surface area contributed by atoms with Gasteiger partial charge in [0.1, 0.15) is 0 Å². The molecule has 0 saturated carbocycles. The molecule has 0 bridgehead atoms. The quantitative estimate of drug-likeness (QED) is 0.844. The lowest BCUT2D eigenvalue weighted by molar-refractivity contribution is 0.224.